The predicted octanol–water partition coefficient (Wildman–Crippen LogP) is 2.05. The highest BCUT2D eigenvalue weighted by molar-refractivity contribution is 5.84. The molecule has 1 aliphatic heterocycles. The zero-order valence-electron chi connectivity index (χ0n) is 16.8. The molecule has 1 aromatic rings. The molecule has 28 heavy (non-hydrogen) atoms. The van der Waals surface area contributed by atoms with Crippen LogP contribution < -0.4 is 10.6 Å². The third-order valence-corrected chi connectivity index (χ3v) is 5.54. The molecule has 3 rings (SSSR count). The van der Waals surface area contributed by atoms with E-state index in [1.807, 2.05) is 12.1 Å². The quantitative estimate of drug-likeness (QED) is 0.552. The fraction of sp³-hybridized carbons (Fsp3) is 0.619. The number of rotatable bonds is 7. The van der Waals surface area contributed by atoms with Gasteiger partial charge in [0.05, 0.1) is 6.10 Å². The summed E-state index contributed by atoms with van der Waals surface area (Å²) in [5, 5.41) is 6.63. The molecule has 0 spiro atoms. The largest absolute Gasteiger partial charge is 0.376 e. The van der Waals surface area contributed by atoms with Crippen molar-refractivity contribution >= 4 is 11.9 Å². The smallest absolute Gasteiger partial charge is 0.243 e. The molecule has 1 aromatic carbocycles. The molecule has 0 bridgehead atoms. The third kappa shape index (κ3) is 5.44. The Balaban J connectivity index is 1.62. The normalized spacial score (nSPS) is 21.1. The van der Waals surface area contributed by atoms with Crippen LogP contribution in [0.1, 0.15) is 37.7 Å². The lowest BCUT2D eigenvalue weighted by atomic mass is 9.95. The fourth-order valence-electron chi connectivity index (χ4n) is 3.48. The Morgan fingerprint density at radius 1 is 1.29 bits per heavy atom. The lowest BCUT2D eigenvalue weighted by molar-refractivity contribution is -0.127. The summed E-state index contributed by atoms with van der Waals surface area (Å²) in [5.41, 5.74) is 0.558. The molecule has 1 saturated carbocycles. The average Bonchev–Trinajstić information content (AvgIpc) is 3.49. The van der Waals surface area contributed by atoms with Gasteiger partial charge in [-0.05, 0) is 43.7 Å². The van der Waals surface area contributed by atoms with E-state index in [2.05, 4.69) is 15.6 Å². The Morgan fingerprint density at radius 2 is 2.07 bits per heavy atom. The van der Waals surface area contributed by atoms with Crippen LogP contribution in [0.2, 0.25) is 0 Å². The molecular weight excluding hydrogens is 359 g/mol. The van der Waals surface area contributed by atoms with Crippen molar-refractivity contribution in [2.24, 2.45) is 4.99 Å². The number of carbonyl (C=O) groups is 1. The zero-order chi connectivity index (χ0) is 20.0. The maximum atomic E-state index is 14.2. The van der Waals surface area contributed by atoms with Gasteiger partial charge in [0.25, 0.3) is 0 Å². The average molecular weight is 391 g/mol. The minimum absolute atomic E-state index is 0.0646. The molecule has 1 unspecified atom stereocenters. The number of ether oxygens (including phenoxy) is 1. The van der Waals surface area contributed by atoms with Gasteiger partial charge in [-0.25, -0.2) is 9.38 Å². The minimum Gasteiger partial charge on any atom is -0.376 e. The van der Waals surface area contributed by atoms with Crippen LogP contribution in [0.3, 0.4) is 0 Å². The van der Waals surface area contributed by atoms with E-state index in [9.17, 15) is 9.18 Å². The van der Waals surface area contributed by atoms with Crippen LogP contribution in [0.15, 0.2) is 29.3 Å². The summed E-state index contributed by atoms with van der Waals surface area (Å²) in [7, 11) is 3.43. The van der Waals surface area contributed by atoms with Gasteiger partial charge in [-0.2, -0.15) is 0 Å². The number of hydrogen-bond acceptors (Lipinski definition) is 3. The molecular formula is C21H31FN4O2. The van der Waals surface area contributed by atoms with Crippen molar-refractivity contribution < 1.29 is 13.9 Å². The summed E-state index contributed by atoms with van der Waals surface area (Å²) >= 11 is 0. The molecule has 2 aliphatic rings. The SMILES string of the molecule is CN(C)C(=O)CN=C(NCC1CCCCO1)NCC1(c2ccccc2F)CC1. The van der Waals surface area contributed by atoms with E-state index < -0.39 is 0 Å². The molecule has 154 valence electrons. The van der Waals surface area contributed by atoms with Crippen LogP contribution in [-0.4, -0.2) is 63.2 Å². The number of benzene rings is 1. The number of amides is 1. The van der Waals surface area contributed by atoms with Gasteiger partial charge in [-0.1, -0.05) is 18.2 Å². The second-order valence-electron chi connectivity index (χ2n) is 7.94. The molecule has 2 N–H and O–H groups in total. The molecule has 2 fully saturated rings. The van der Waals surface area contributed by atoms with Crippen molar-refractivity contribution in [1.82, 2.24) is 15.5 Å². The van der Waals surface area contributed by atoms with Crippen molar-refractivity contribution in [3.8, 4) is 0 Å². The first-order valence-electron chi connectivity index (χ1n) is 10.1. The van der Waals surface area contributed by atoms with Gasteiger partial charge in [-0.3, -0.25) is 4.79 Å². The summed E-state index contributed by atoms with van der Waals surface area (Å²) in [6.07, 6.45) is 5.34. The van der Waals surface area contributed by atoms with Gasteiger partial charge in [0.15, 0.2) is 5.96 Å². The summed E-state index contributed by atoms with van der Waals surface area (Å²) in [5.74, 6) is 0.351. The standard InChI is InChI=1S/C21H31FN4O2/c1-26(2)19(27)14-24-20(23-13-16-7-5-6-12-28-16)25-15-21(10-11-21)17-8-3-4-9-18(17)22/h3-4,8-9,16H,5-7,10-15H2,1-2H3,(H2,23,24,25). The van der Waals surface area contributed by atoms with Crippen LogP contribution in [0, 0.1) is 5.82 Å². The van der Waals surface area contributed by atoms with E-state index >= 15 is 0 Å². The van der Waals surface area contributed by atoms with Crippen LogP contribution >= 0.6 is 0 Å². The number of halogens is 1. The van der Waals surface area contributed by atoms with Gasteiger partial charge in [0, 0.05) is 39.2 Å². The topological polar surface area (TPSA) is 66.0 Å². The van der Waals surface area contributed by atoms with Gasteiger partial charge in [0.1, 0.15) is 12.4 Å². The highest BCUT2D eigenvalue weighted by atomic mass is 19.1. The number of likely N-dealkylation sites (N-methyl/N-ethyl adjacent to an activating group) is 1. The van der Waals surface area contributed by atoms with Crippen LogP contribution in [0.5, 0.6) is 0 Å². The maximum Gasteiger partial charge on any atom is 0.243 e. The first kappa shape index (κ1) is 20.6. The molecule has 0 aromatic heterocycles. The first-order chi connectivity index (χ1) is 13.5. The van der Waals surface area contributed by atoms with E-state index in [0.29, 0.717) is 19.0 Å². The summed E-state index contributed by atoms with van der Waals surface area (Å²) in [6, 6.07) is 6.97. The van der Waals surface area contributed by atoms with Crippen molar-refractivity contribution in [3.63, 3.8) is 0 Å². The molecule has 6 nitrogen and oxygen atoms in total. The summed E-state index contributed by atoms with van der Waals surface area (Å²) in [4.78, 5) is 17.9. The minimum atomic E-state index is -0.194. The van der Waals surface area contributed by atoms with E-state index in [1.165, 1.54) is 17.4 Å². The second kappa shape index (κ2) is 9.37. The van der Waals surface area contributed by atoms with E-state index in [-0.39, 0.29) is 29.8 Å². The van der Waals surface area contributed by atoms with Crippen molar-refractivity contribution in [2.75, 3.05) is 40.3 Å². The number of hydrogen-bond donors (Lipinski definition) is 2. The van der Waals surface area contributed by atoms with Gasteiger partial charge in [-0.15, -0.1) is 0 Å². The van der Waals surface area contributed by atoms with E-state index in [4.69, 9.17) is 4.74 Å². The van der Waals surface area contributed by atoms with Crippen LogP contribution in [0.4, 0.5) is 4.39 Å². The van der Waals surface area contributed by atoms with Crippen molar-refractivity contribution in [3.05, 3.63) is 35.6 Å². The number of carbonyl (C=O) groups excluding carboxylic acids is 1. The van der Waals surface area contributed by atoms with E-state index in [1.54, 1.807) is 20.2 Å². The number of nitrogens with zero attached hydrogens (tertiary/aromatic N) is 2. The monoisotopic (exact) mass is 390 g/mol. The zero-order valence-corrected chi connectivity index (χ0v) is 16.8. The number of nitrogens with one attached hydrogen (secondary N) is 2. The van der Waals surface area contributed by atoms with Gasteiger partial charge < -0.3 is 20.3 Å². The molecule has 1 atom stereocenters. The predicted molar refractivity (Wildman–Crippen MR) is 108 cm³/mol. The lowest BCUT2D eigenvalue weighted by Crippen LogP contribution is -2.45. The number of guanidine groups is 1. The van der Waals surface area contributed by atoms with Crippen molar-refractivity contribution in [2.45, 2.75) is 43.6 Å². The Bertz CT molecular complexity index is 697. The molecule has 1 amide bonds. The molecule has 0 radical (unpaired) electrons. The highest BCUT2D eigenvalue weighted by Crippen LogP contribution is 2.48. The Hall–Kier alpha value is -2.15. The van der Waals surface area contributed by atoms with E-state index in [0.717, 1.165) is 37.9 Å². The Morgan fingerprint density at radius 3 is 2.71 bits per heavy atom. The summed E-state index contributed by atoms with van der Waals surface area (Å²) < 4.78 is 20.0. The molecule has 7 heteroatoms. The van der Waals surface area contributed by atoms with Gasteiger partial charge in [0.2, 0.25) is 5.91 Å². The Kier molecular flexibility index (Phi) is 6.88. The van der Waals surface area contributed by atoms with Gasteiger partial charge >= 0.3 is 0 Å². The van der Waals surface area contributed by atoms with Crippen molar-refractivity contribution in [1.29, 1.82) is 0 Å². The molecule has 1 aliphatic carbocycles. The summed E-state index contributed by atoms with van der Waals surface area (Å²) in [6.45, 7) is 2.10. The lowest BCUT2D eigenvalue weighted by Gasteiger charge is -2.25. The molecule has 1 heterocycles. The Labute approximate surface area is 166 Å². The maximum absolute atomic E-state index is 14.2. The van der Waals surface area contributed by atoms with Crippen LogP contribution in [-0.2, 0) is 14.9 Å². The fourth-order valence-corrected chi connectivity index (χ4v) is 3.48. The third-order valence-electron chi connectivity index (χ3n) is 5.54. The first-order valence-corrected chi connectivity index (χ1v) is 10.1. The number of aliphatic imine (C=N–C) groups is 1. The molecule has 1 saturated heterocycles. The second-order valence-corrected chi connectivity index (χ2v) is 7.94. The van der Waals surface area contributed by atoms with Crippen LogP contribution in [0.25, 0.3) is 0 Å². The highest BCUT2D eigenvalue weighted by Gasteiger charge is 2.45.